The molecule has 0 aliphatic rings. The molecule has 1 N–H and O–H groups in total. The Bertz CT molecular complexity index is 689. The lowest BCUT2D eigenvalue weighted by molar-refractivity contribution is -0.0514. The Morgan fingerprint density at radius 2 is 2.12 bits per heavy atom. The highest BCUT2D eigenvalue weighted by molar-refractivity contribution is 5.94. The van der Waals surface area contributed by atoms with Crippen LogP contribution in [0.5, 0.6) is 11.5 Å². The molecule has 130 valence electrons. The fourth-order valence-corrected chi connectivity index (χ4v) is 2.07. The van der Waals surface area contributed by atoms with Crippen LogP contribution in [0.2, 0.25) is 0 Å². The molecule has 0 aliphatic heterocycles. The Morgan fingerprint density at radius 3 is 2.75 bits per heavy atom. The Labute approximate surface area is 138 Å². The Hall–Kier alpha value is -2.64. The highest BCUT2D eigenvalue weighted by atomic mass is 19.3. The van der Waals surface area contributed by atoms with Gasteiger partial charge in [-0.05, 0) is 32.0 Å². The predicted molar refractivity (Wildman–Crippen MR) is 83.3 cm³/mol. The standard InChI is InChI=1S/C16H19F2N3O3/c1-3-21-10-11(9-20-21)8-19-15(22)12-5-6-13(24-16(17)18)14(7-12)23-4-2/h5-7,9-10,16H,3-4,8H2,1-2H3,(H,19,22). The molecule has 24 heavy (non-hydrogen) atoms. The van der Waals surface area contributed by atoms with Crippen LogP contribution < -0.4 is 14.8 Å². The van der Waals surface area contributed by atoms with Crippen molar-refractivity contribution >= 4 is 5.91 Å². The van der Waals surface area contributed by atoms with Crippen LogP contribution in [0.15, 0.2) is 30.6 Å². The van der Waals surface area contributed by atoms with Gasteiger partial charge in [-0.15, -0.1) is 0 Å². The molecule has 0 atom stereocenters. The van der Waals surface area contributed by atoms with Crippen LogP contribution in [0, 0.1) is 0 Å². The molecule has 2 aromatic rings. The summed E-state index contributed by atoms with van der Waals surface area (Å²) in [6, 6.07) is 4.08. The molecular formula is C16H19F2N3O3. The van der Waals surface area contributed by atoms with Crippen molar-refractivity contribution in [1.82, 2.24) is 15.1 Å². The summed E-state index contributed by atoms with van der Waals surface area (Å²) in [5.41, 5.74) is 1.16. The van der Waals surface area contributed by atoms with Crippen LogP contribution in [0.1, 0.15) is 29.8 Å². The minimum absolute atomic E-state index is 0.101. The number of aromatic nitrogens is 2. The molecule has 6 nitrogen and oxygen atoms in total. The van der Waals surface area contributed by atoms with Gasteiger partial charge in [0.1, 0.15) is 0 Å². The van der Waals surface area contributed by atoms with Gasteiger partial charge in [0.25, 0.3) is 5.91 Å². The molecule has 0 fully saturated rings. The highest BCUT2D eigenvalue weighted by Gasteiger charge is 2.14. The fraction of sp³-hybridized carbons (Fsp3) is 0.375. The molecule has 0 unspecified atom stereocenters. The van der Waals surface area contributed by atoms with E-state index in [2.05, 4.69) is 15.2 Å². The molecule has 0 aliphatic carbocycles. The number of amides is 1. The average molecular weight is 339 g/mol. The van der Waals surface area contributed by atoms with E-state index in [1.54, 1.807) is 17.8 Å². The third-order valence-electron chi connectivity index (χ3n) is 3.19. The molecule has 2 rings (SSSR count). The van der Waals surface area contributed by atoms with Gasteiger partial charge in [0.05, 0.1) is 12.8 Å². The number of halogens is 2. The zero-order valence-corrected chi connectivity index (χ0v) is 13.5. The second-order valence-electron chi connectivity index (χ2n) is 4.86. The number of nitrogens with one attached hydrogen (secondary N) is 1. The van der Waals surface area contributed by atoms with E-state index in [4.69, 9.17) is 4.74 Å². The molecule has 1 aromatic heterocycles. The monoisotopic (exact) mass is 339 g/mol. The number of benzene rings is 1. The molecule has 0 saturated heterocycles. The van der Waals surface area contributed by atoms with Gasteiger partial charge in [-0.2, -0.15) is 13.9 Å². The van der Waals surface area contributed by atoms with Crippen LogP contribution in [-0.4, -0.2) is 28.9 Å². The Morgan fingerprint density at radius 1 is 1.33 bits per heavy atom. The lowest BCUT2D eigenvalue weighted by Crippen LogP contribution is -2.22. The molecule has 8 heteroatoms. The maximum atomic E-state index is 12.4. The number of ether oxygens (including phenoxy) is 2. The van der Waals surface area contributed by atoms with Gasteiger partial charge in [0.15, 0.2) is 11.5 Å². The smallest absolute Gasteiger partial charge is 0.387 e. The zero-order valence-electron chi connectivity index (χ0n) is 13.5. The summed E-state index contributed by atoms with van der Waals surface area (Å²) < 4.78 is 36.1. The molecule has 1 amide bonds. The van der Waals surface area contributed by atoms with Crippen LogP contribution in [0.4, 0.5) is 8.78 Å². The van der Waals surface area contributed by atoms with Crippen molar-refractivity contribution in [1.29, 1.82) is 0 Å². The number of rotatable bonds is 8. The molecule has 0 radical (unpaired) electrons. The first-order valence-corrected chi connectivity index (χ1v) is 7.54. The molecule has 0 spiro atoms. The average Bonchev–Trinajstić information content (AvgIpc) is 3.02. The van der Waals surface area contributed by atoms with Crippen molar-refractivity contribution in [2.75, 3.05) is 6.61 Å². The van der Waals surface area contributed by atoms with Gasteiger partial charge in [-0.3, -0.25) is 9.48 Å². The van der Waals surface area contributed by atoms with Crippen LogP contribution in [0.3, 0.4) is 0 Å². The topological polar surface area (TPSA) is 65.4 Å². The van der Waals surface area contributed by atoms with E-state index in [0.717, 1.165) is 12.1 Å². The minimum Gasteiger partial charge on any atom is -0.490 e. The van der Waals surface area contributed by atoms with Gasteiger partial charge >= 0.3 is 6.61 Å². The normalized spacial score (nSPS) is 10.7. The third kappa shape index (κ3) is 4.68. The van der Waals surface area contributed by atoms with E-state index in [1.807, 2.05) is 13.1 Å². The van der Waals surface area contributed by atoms with Gasteiger partial charge in [-0.1, -0.05) is 0 Å². The number of hydrogen-bond donors (Lipinski definition) is 1. The summed E-state index contributed by atoms with van der Waals surface area (Å²) in [6.45, 7) is 2.05. The Balaban J connectivity index is 2.06. The molecule has 0 bridgehead atoms. The number of carbonyl (C=O) groups excluding carboxylic acids is 1. The van der Waals surface area contributed by atoms with Crippen molar-refractivity contribution < 1.29 is 23.0 Å². The lowest BCUT2D eigenvalue weighted by Gasteiger charge is -2.12. The van der Waals surface area contributed by atoms with E-state index in [-0.39, 0.29) is 24.0 Å². The van der Waals surface area contributed by atoms with Crippen LogP contribution >= 0.6 is 0 Å². The summed E-state index contributed by atoms with van der Waals surface area (Å²) in [4.78, 5) is 12.2. The SMILES string of the molecule is CCOc1cc(C(=O)NCc2cnn(CC)c2)ccc1OC(F)F. The summed E-state index contributed by atoms with van der Waals surface area (Å²) in [6.07, 6.45) is 3.51. The number of carbonyl (C=O) groups is 1. The van der Waals surface area contributed by atoms with Crippen LogP contribution in [-0.2, 0) is 13.1 Å². The van der Waals surface area contributed by atoms with Crippen molar-refractivity contribution in [3.05, 3.63) is 41.7 Å². The van der Waals surface area contributed by atoms with Crippen molar-refractivity contribution in [2.45, 2.75) is 33.5 Å². The Kier molecular flexibility index (Phi) is 6.11. The molecule has 0 saturated carbocycles. The number of nitrogens with zero attached hydrogens (tertiary/aromatic N) is 2. The first-order valence-electron chi connectivity index (χ1n) is 7.54. The maximum absolute atomic E-state index is 12.4. The summed E-state index contributed by atoms with van der Waals surface area (Å²) in [5.74, 6) is -0.347. The first kappa shape index (κ1) is 17.7. The van der Waals surface area contributed by atoms with Crippen molar-refractivity contribution in [2.24, 2.45) is 0 Å². The van der Waals surface area contributed by atoms with Gasteiger partial charge < -0.3 is 14.8 Å². The van der Waals surface area contributed by atoms with Gasteiger partial charge in [0, 0.05) is 30.4 Å². The second kappa shape index (κ2) is 8.28. The first-order chi connectivity index (χ1) is 11.5. The molecular weight excluding hydrogens is 320 g/mol. The van der Waals surface area contributed by atoms with E-state index < -0.39 is 6.61 Å². The van der Waals surface area contributed by atoms with E-state index in [1.165, 1.54) is 18.2 Å². The number of aryl methyl sites for hydroxylation is 1. The number of hydrogen-bond acceptors (Lipinski definition) is 4. The predicted octanol–water partition coefficient (Wildman–Crippen LogP) is 2.83. The van der Waals surface area contributed by atoms with Crippen LogP contribution in [0.25, 0.3) is 0 Å². The van der Waals surface area contributed by atoms with Gasteiger partial charge in [-0.25, -0.2) is 0 Å². The van der Waals surface area contributed by atoms with E-state index >= 15 is 0 Å². The largest absolute Gasteiger partial charge is 0.490 e. The third-order valence-corrected chi connectivity index (χ3v) is 3.19. The number of alkyl halides is 2. The van der Waals surface area contributed by atoms with Gasteiger partial charge in [0.2, 0.25) is 0 Å². The maximum Gasteiger partial charge on any atom is 0.387 e. The lowest BCUT2D eigenvalue weighted by atomic mass is 10.2. The van der Waals surface area contributed by atoms with Crippen molar-refractivity contribution in [3.63, 3.8) is 0 Å². The van der Waals surface area contributed by atoms with E-state index in [0.29, 0.717) is 12.1 Å². The zero-order chi connectivity index (χ0) is 17.5. The molecule has 1 aromatic carbocycles. The quantitative estimate of drug-likeness (QED) is 0.803. The highest BCUT2D eigenvalue weighted by Crippen LogP contribution is 2.29. The summed E-state index contributed by atoms with van der Waals surface area (Å²) in [7, 11) is 0. The summed E-state index contributed by atoms with van der Waals surface area (Å²) >= 11 is 0. The minimum atomic E-state index is -2.96. The molecule has 1 heterocycles. The van der Waals surface area contributed by atoms with E-state index in [9.17, 15) is 13.6 Å². The second-order valence-corrected chi connectivity index (χ2v) is 4.86. The van der Waals surface area contributed by atoms with Crippen molar-refractivity contribution in [3.8, 4) is 11.5 Å². The fourth-order valence-electron chi connectivity index (χ4n) is 2.07. The summed E-state index contributed by atoms with van der Waals surface area (Å²) in [5, 5.41) is 6.87.